The van der Waals surface area contributed by atoms with E-state index in [4.69, 9.17) is 14.2 Å². The largest absolute Gasteiger partial charge is 0.462 e. The van der Waals surface area contributed by atoms with Crippen LogP contribution in [0, 0.1) is 0 Å². The van der Waals surface area contributed by atoms with E-state index >= 15 is 0 Å². The van der Waals surface area contributed by atoms with Crippen molar-refractivity contribution in [1.82, 2.24) is 9.80 Å². The number of carbonyl (C=O) groups excluding carboxylic acids is 4. The van der Waals surface area contributed by atoms with Gasteiger partial charge in [0.15, 0.2) is 0 Å². The smallest absolute Gasteiger partial charge is 0.306 e. The Labute approximate surface area is 434 Å². The van der Waals surface area contributed by atoms with Crippen LogP contribution in [-0.4, -0.2) is 85.2 Å². The van der Waals surface area contributed by atoms with Gasteiger partial charge in [0, 0.05) is 38.3 Å². The molecule has 70 heavy (non-hydrogen) atoms. The first-order valence-corrected chi connectivity index (χ1v) is 30.6. The Hall–Kier alpha value is -2.16. The van der Waals surface area contributed by atoms with Crippen LogP contribution in [0.2, 0.25) is 0 Å². The van der Waals surface area contributed by atoms with Gasteiger partial charge in [0.05, 0.1) is 0 Å². The van der Waals surface area contributed by atoms with Gasteiger partial charge in [0.2, 0.25) is 5.91 Å². The molecule has 9 heteroatoms. The van der Waals surface area contributed by atoms with Crippen LogP contribution in [0.5, 0.6) is 0 Å². The van der Waals surface area contributed by atoms with E-state index in [9.17, 15) is 19.2 Å². The number of esters is 3. The van der Waals surface area contributed by atoms with Gasteiger partial charge in [-0.05, 0) is 104 Å². The molecular weight excluding hydrogens is 873 g/mol. The molecule has 1 amide bonds. The molecule has 0 heterocycles. The molecule has 0 rings (SSSR count). The van der Waals surface area contributed by atoms with Crippen LogP contribution < -0.4 is 0 Å². The Balaban J connectivity index is 5.22. The van der Waals surface area contributed by atoms with Gasteiger partial charge in [-0.3, -0.25) is 19.2 Å². The summed E-state index contributed by atoms with van der Waals surface area (Å²) in [6, 6.07) is 0.270. The highest BCUT2D eigenvalue weighted by Crippen LogP contribution is 2.23. The predicted molar refractivity (Wildman–Crippen MR) is 296 cm³/mol. The lowest BCUT2D eigenvalue weighted by molar-refractivity contribution is -0.151. The van der Waals surface area contributed by atoms with E-state index in [1.807, 2.05) is 0 Å². The summed E-state index contributed by atoms with van der Waals surface area (Å²) >= 11 is 0. The molecule has 0 fully saturated rings. The van der Waals surface area contributed by atoms with Crippen molar-refractivity contribution in [1.29, 1.82) is 0 Å². The van der Waals surface area contributed by atoms with E-state index in [-0.39, 0.29) is 42.3 Å². The summed E-state index contributed by atoms with van der Waals surface area (Å²) in [5, 5.41) is 0. The fraction of sp³-hybridized carbons (Fsp3) is 0.934. The van der Waals surface area contributed by atoms with Crippen molar-refractivity contribution < 1.29 is 33.4 Å². The SMILES string of the molecule is CCCCC(CCCC)OC(=O)CCCCCCCCCC(CCCCCCCCC(=O)OC(CCCC)CCCC)N(CCCN(C)C)C(=O)CCCCCCCC(=O)OC(CCCC)CCCC. The van der Waals surface area contributed by atoms with Gasteiger partial charge >= 0.3 is 17.9 Å². The topological polar surface area (TPSA) is 102 Å². The highest BCUT2D eigenvalue weighted by atomic mass is 16.6. The minimum atomic E-state index is -0.0413. The quantitative estimate of drug-likeness (QED) is 0.0337. The summed E-state index contributed by atoms with van der Waals surface area (Å²) in [7, 11) is 4.23. The van der Waals surface area contributed by atoms with E-state index in [0.29, 0.717) is 31.6 Å². The van der Waals surface area contributed by atoms with Crippen LogP contribution in [0.4, 0.5) is 0 Å². The second kappa shape index (κ2) is 50.4. The number of rotatable bonds is 53. The molecule has 0 N–H and O–H groups in total. The first-order valence-electron chi connectivity index (χ1n) is 30.6. The van der Waals surface area contributed by atoms with Crippen LogP contribution in [0.1, 0.15) is 318 Å². The molecule has 0 aliphatic rings. The van der Waals surface area contributed by atoms with Gasteiger partial charge < -0.3 is 24.0 Å². The minimum Gasteiger partial charge on any atom is -0.462 e. The van der Waals surface area contributed by atoms with Crippen molar-refractivity contribution in [3.05, 3.63) is 0 Å². The number of hydrogen-bond acceptors (Lipinski definition) is 8. The molecule has 0 aliphatic carbocycles. The van der Waals surface area contributed by atoms with Crippen molar-refractivity contribution in [2.75, 3.05) is 27.2 Å². The van der Waals surface area contributed by atoms with Crippen molar-refractivity contribution in [3.63, 3.8) is 0 Å². The van der Waals surface area contributed by atoms with Crippen LogP contribution in [0.3, 0.4) is 0 Å². The standard InChI is InChI=1S/C61H118N2O7/c1-9-15-42-55(43-16-10-2)68-59(65)49-36-30-23-21-22-27-33-40-54(41-34-28-24-25-31-37-50-60(66)69-56(44-17-11-3)45-18-12-4)63(53-39-52-62(7)8)58(64)48-35-29-26-32-38-51-61(67)70-57(46-19-13-5)47-20-14-6/h54-57H,9-53H2,1-8H3. The first-order chi connectivity index (χ1) is 34.0. The van der Waals surface area contributed by atoms with Crippen LogP contribution in [0.15, 0.2) is 0 Å². The molecule has 0 bridgehead atoms. The maximum atomic E-state index is 14.1. The average Bonchev–Trinajstić information content (AvgIpc) is 3.34. The van der Waals surface area contributed by atoms with Crippen molar-refractivity contribution in [2.45, 2.75) is 342 Å². The van der Waals surface area contributed by atoms with E-state index in [2.05, 4.69) is 65.4 Å². The highest BCUT2D eigenvalue weighted by Gasteiger charge is 2.23. The van der Waals surface area contributed by atoms with Crippen molar-refractivity contribution >= 4 is 23.8 Å². The second-order valence-corrected chi connectivity index (χ2v) is 21.5. The number of nitrogens with zero attached hydrogens (tertiary/aromatic N) is 2. The molecule has 0 spiro atoms. The van der Waals surface area contributed by atoms with E-state index in [0.717, 1.165) is 244 Å². The average molecular weight is 992 g/mol. The molecule has 0 aromatic heterocycles. The number of hydrogen-bond donors (Lipinski definition) is 0. The fourth-order valence-corrected chi connectivity index (χ4v) is 9.75. The number of carbonyl (C=O) groups is 4. The van der Waals surface area contributed by atoms with Crippen LogP contribution >= 0.6 is 0 Å². The summed E-state index contributed by atoms with van der Waals surface area (Å²) < 4.78 is 17.6. The van der Waals surface area contributed by atoms with Gasteiger partial charge in [0.25, 0.3) is 0 Å². The number of amides is 1. The Morgan fingerprint density at radius 3 is 0.871 bits per heavy atom. The third-order valence-electron chi connectivity index (χ3n) is 14.3. The molecule has 414 valence electrons. The zero-order valence-corrected chi connectivity index (χ0v) is 47.9. The number of unbranched alkanes of at least 4 members (excludes halogenated alkanes) is 21. The Kier molecular flexibility index (Phi) is 48.8. The zero-order chi connectivity index (χ0) is 51.7. The molecule has 0 aliphatic heterocycles. The summed E-state index contributed by atoms with van der Waals surface area (Å²) in [6.07, 6.45) is 44.1. The molecule has 0 saturated heterocycles. The molecule has 1 unspecified atom stereocenters. The van der Waals surface area contributed by atoms with Crippen LogP contribution in [0.25, 0.3) is 0 Å². The minimum absolute atomic E-state index is 0.0125. The fourth-order valence-electron chi connectivity index (χ4n) is 9.75. The third kappa shape index (κ3) is 42.4. The van der Waals surface area contributed by atoms with E-state index in [1.54, 1.807) is 0 Å². The summed E-state index contributed by atoms with van der Waals surface area (Å²) in [6.45, 7) is 14.9. The molecule has 0 aromatic rings. The second-order valence-electron chi connectivity index (χ2n) is 21.5. The third-order valence-corrected chi connectivity index (χ3v) is 14.3. The van der Waals surface area contributed by atoms with Gasteiger partial charge in [0.1, 0.15) is 18.3 Å². The molecule has 9 nitrogen and oxygen atoms in total. The lowest BCUT2D eigenvalue weighted by Crippen LogP contribution is -2.41. The Bertz CT molecular complexity index is 1170. The molecule has 0 radical (unpaired) electrons. The summed E-state index contributed by atoms with van der Waals surface area (Å²) in [5.41, 5.74) is 0. The maximum absolute atomic E-state index is 14.1. The van der Waals surface area contributed by atoms with E-state index in [1.165, 1.54) is 19.3 Å². The molecule has 1 atom stereocenters. The monoisotopic (exact) mass is 991 g/mol. The normalized spacial score (nSPS) is 12.1. The van der Waals surface area contributed by atoms with Gasteiger partial charge in [-0.1, -0.05) is 208 Å². The Morgan fingerprint density at radius 2 is 0.586 bits per heavy atom. The lowest BCUT2D eigenvalue weighted by Gasteiger charge is -2.33. The number of ether oxygens (including phenoxy) is 3. The maximum Gasteiger partial charge on any atom is 0.306 e. The molecular formula is C61H118N2O7. The van der Waals surface area contributed by atoms with Crippen LogP contribution in [-0.2, 0) is 33.4 Å². The summed E-state index contributed by atoms with van der Waals surface area (Å²) in [4.78, 5) is 56.5. The van der Waals surface area contributed by atoms with Crippen molar-refractivity contribution in [2.24, 2.45) is 0 Å². The predicted octanol–water partition coefficient (Wildman–Crippen LogP) is 17.4. The molecule has 0 saturated carbocycles. The van der Waals surface area contributed by atoms with Crippen molar-refractivity contribution in [3.8, 4) is 0 Å². The first kappa shape index (κ1) is 67.8. The molecule has 0 aromatic carbocycles. The zero-order valence-electron chi connectivity index (χ0n) is 47.9. The Morgan fingerprint density at radius 1 is 0.314 bits per heavy atom. The van der Waals surface area contributed by atoms with Gasteiger partial charge in [-0.15, -0.1) is 0 Å². The van der Waals surface area contributed by atoms with E-state index < -0.39 is 0 Å². The van der Waals surface area contributed by atoms with Gasteiger partial charge in [-0.2, -0.15) is 0 Å². The van der Waals surface area contributed by atoms with Gasteiger partial charge in [-0.25, -0.2) is 0 Å². The highest BCUT2D eigenvalue weighted by molar-refractivity contribution is 5.76. The summed E-state index contributed by atoms with van der Waals surface area (Å²) in [5.74, 6) is 0.245. The lowest BCUT2D eigenvalue weighted by atomic mass is 9.97.